The molecule has 0 spiro atoms. The predicted octanol–water partition coefficient (Wildman–Crippen LogP) is 0.389. The lowest BCUT2D eigenvalue weighted by atomic mass is 10.2. The summed E-state index contributed by atoms with van der Waals surface area (Å²) >= 11 is 0.958. The van der Waals surface area contributed by atoms with Crippen LogP contribution < -0.4 is 0 Å². The van der Waals surface area contributed by atoms with E-state index in [9.17, 15) is 18.0 Å². The zero-order valence-corrected chi connectivity index (χ0v) is 14.8. The second-order valence-electron chi connectivity index (χ2n) is 5.57. The minimum atomic E-state index is -3.73. The number of piperazine rings is 1. The third-order valence-electron chi connectivity index (χ3n) is 4.01. The highest BCUT2D eigenvalue weighted by atomic mass is 32.2. The van der Waals surface area contributed by atoms with Crippen molar-refractivity contribution in [3.8, 4) is 0 Å². The van der Waals surface area contributed by atoms with Gasteiger partial charge >= 0.3 is 5.97 Å². The lowest BCUT2D eigenvalue weighted by molar-refractivity contribution is -0.141. The predicted molar refractivity (Wildman–Crippen MR) is 89.6 cm³/mol. The van der Waals surface area contributed by atoms with Crippen LogP contribution in [0.3, 0.4) is 0 Å². The molecule has 0 unspecified atom stereocenters. The van der Waals surface area contributed by atoms with E-state index in [1.807, 2.05) is 0 Å². The largest absolute Gasteiger partial charge is 0.481 e. The molecule has 1 aromatic carbocycles. The number of nitrogens with zero attached hydrogens (tertiary/aromatic N) is 4. The van der Waals surface area contributed by atoms with E-state index in [1.165, 1.54) is 15.3 Å². The molecule has 0 radical (unpaired) electrons. The maximum Gasteiger partial charge on any atom is 0.303 e. The second-order valence-corrected chi connectivity index (χ2v) is 8.00. The number of carboxylic acid groups (broad SMARTS) is 1. The van der Waals surface area contributed by atoms with Gasteiger partial charge < -0.3 is 10.0 Å². The third-order valence-corrected chi connectivity index (χ3v) is 6.48. The average Bonchev–Trinajstić information content (AvgIpc) is 3.08. The Morgan fingerprint density at radius 3 is 2.52 bits per heavy atom. The first-order valence-electron chi connectivity index (χ1n) is 7.60. The molecule has 2 heterocycles. The number of aliphatic carboxylic acids is 1. The van der Waals surface area contributed by atoms with Gasteiger partial charge in [-0.05, 0) is 12.1 Å². The summed E-state index contributed by atoms with van der Waals surface area (Å²) in [7, 11) is -3.73. The first-order valence-corrected chi connectivity index (χ1v) is 9.77. The van der Waals surface area contributed by atoms with E-state index < -0.39 is 16.0 Å². The first-order chi connectivity index (χ1) is 11.9. The van der Waals surface area contributed by atoms with Crippen molar-refractivity contribution in [1.29, 1.82) is 0 Å². The number of rotatable bonds is 5. The van der Waals surface area contributed by atoms with Gasteiger partial charge in [0.15, 0.2) is 0 Å². The molecule has 134 valence electrons. The summed E-state index contributed by atoms with van der Waals surface area (Å²) in [5.41, 5.74) is 0.890. The van der Waals surface area contributed by atoms with Gasteiger partial charge in [0.2, 0.25) is 15.9 Å². The number of carbonyl (C=O) groups is 2. The Morgan fingerprint density at radius 2 is 1.84 bits per heavy atom. The number of carboxylic acids is 1. The topological polar surface area (TPSA) is 121 Å². The Hall–Kier alpha value is -2.11. The van der Waals surface area contributed by atoms with Crippen LogP contribution in [0.4, 0.5) is 0 Å². The molecule has 0 aliphatic carbocycles. The van der Waals surface area contributed by atoms with Gasteiger partial charge in [-0.1, -0.05) is 6.07 Å². The van der Waals surface area contributed by atoms with Crippen LogP contribution in [0.15, 0.2) is 23.1 Å². The van der Waals surface area contributed by atoms with Crippen molar-refractivity contribution in [1.82, 2.24) is 18.0 Å². The van der Waals surface area contributed by atoms with Crippen molar-refractivity contribution < 1.29 is 23.1 Å². The number of hydrogen-bond donors (Lipinski definition) is 1. The van der Waals surface area contributed by atoms with E-state index in [1.54, 1.807) is 12.1 Å². The van der Waals surface area contributed by atoms with Gasteiger partial charge in [-0.2, -0.15) is 13.1 Å². The fraction of sp³-hybridized carbons (Fsp3) is 0.429. The number of hydrogen-bond acceptors (Lipinski definition) is 7. The van der Waals surface area contributed by atoms with E-state index in [0.29, 0.717) is 11.0 Å². The van der Waals surface area contributed by atoms with E-state index in [0.717, 1.165) is 11.7 Å². The highest BCUT2D eigenvalue weighted by Crippen LogP contribution is 2.25. The Labute approximate surface area is 148 Å². The van der Waals surface area contributed by atoms with Crippen molar-refractivity contribution in [2.24, 2.45) is 0 Å². The molecule has 0 bridgehead atoms. The van der Waals surface area contributed by atoms with E-state index in [4.69, 9.17) is 5.11 Å². The van der Waals surface area contributed by atoms with Gasteiger partial charge in [-0.3, -0.25) is 9.59 Å². The van der Waals surface area contributed by atoms with Crippen molar-refractivity contribution in [2.75, 3.05) is 26.2 Å². The van der Waals surface area contributed by atoms with Crippen molar-refractivity contribution in [3.05, 3.63) is 18.2 Å². The molecular formula is C14H16N4O5S2. The molecule has 1 N–H and O–H groups in total. The van der Waals surface area contributed by atoms with Crippen LogP contribution in [0.2, 0.25) is 0 Å². The number of sulfonamides is 1. The van der Waals surface area contributed by atoms with Crippen molar-refractivity contribution in [2.45, 2.75) is 17.7 Å². The Balaban J connectivity index is 1.71. The van der Waals surface area contributed by atoms with Crippen LogP contribution >= 0.6 is 11.7 Å². The van der Waals surface area contributed by atoms with Crippen LogP contribution in [0.25, 0.3) is 11.0 Å². The molecule has 25 heavy (non-hydrogen) atoms. The monoisotopic (exact) mass is 384 g/mol. The standard InChI is InChI=1S/C14H16N4O5S2/c19-12(4-5-13(20)21)17-6-8-18(9-7-17)25(22,23)11-3-1-2-10-14(11)16-24-15-10/h1-3H,4-9H2,(H,20,21). The number of benzene rings is 1. The maximum absolute atomic E-state index is 12.9. The quantitative estimate of drug-likeness (QED) is 0.791. The molecular weight excluding hydrogens is 368 g/mol. The van der Waals surface area contributed by atoms with E-state index in [-0.39, 0.29) is 49.8 Å². The third kappa shape index (κ3) is 3.62. The van der Waals surface area contributed by atoms with Crippen LogP contribution in [-0.4, -0.2) is 69.5 Å². The Kier molecular flexibility index (Phi) is 4.97. The summed E-state index contributed by atoms with van der Waals surface area (Å²) in [4.78, 5) is 24.1. The summed E-state index contributed by atoms with van der Waals surface area (Å²) in [6.45, 7) is 0.802. The maximum atomic E-state index is 12.9. The minimum absolute atomic E-state index is 0.0775. The average molecular weight is 384 g/mol. The highest BCUT2D eigenvalue weighted by molar-refractivity contribution is 7.89. The van der Waals surface area contributed by atoms with Crippen molar-refractivity contribution >= 4 is 44.7 Å². The molecule has 0 atom stereocenters. The van der Waals surface area contributed by atoms with E-state index in [2.05, 4.69) is 8.75 Å². The summed E-state index contributed by atoms with van der Waals surface area (Å²) in [6.07, 6.45) is -0.304. The second kappa shape index (κ2) is 7.02. The van der Waals surface area contributed by atoms with Gasteiger partial charge in [0.25, 0.3) is 0 Å². The molecule has 2 aromatic rings. The molecule has 1 aromatic heterocycles. The Bertz CT molecular complexity index is 903. The number of fused-ring (bicyclic) bond motifs is 1. The normalized spacial score (nSPS) is 16.2. The van der Waals surface area contributed by atoms with Gasteiger partial charge in [0, 0.05) is 32.6 Å². The molecule has 11 heteroatoms. The number of aromatic nitrogens is 2. The number of carbonyl (C=O) groups excluding carboxylic acids is 1. The lowest BCUT2D eigenvalue weighted by Crippen LogP contribution is -2.50. The molecule has 1 saturated heterocycles. The fourth-order valence-corrected chi connectivity index (χ4v) is 4.85. The first kappa shape index (κ1) is 17.7. The number of amides is 1. The molecule has 0 saturated carbocycles. The summed E-state index contributed by atoms with van der Waals surface area (Å²) in [5.74, 6) is -1.30. The smallest absolute Gasteiger partial charge is 0.303 e. The van der Waals surface area contributed by atoms with Gasteiger partial charge in [0.1, 0.15) is 15.9 Å². The molecule has 1 amide bonds. The van der Waals surface area contributed by atoms with Crippen LogP contribution in [0, 0.1) is 0 Å². The molecule has 1 fully saturated rings. The fourth-order valence-electron chi connectivity index (χ4n) is 2.68. The van der Waals surface area contributed by atoms with Gasteiger partial charge in [0.05, 0.1) is 18.1 Å². The van der Waals surface area contributed by atoms with Crippen LogP contribution in [0.1, 0.15) is 12.8 Å². The van der Waals surface area contributed by atoms with Crippen LogP contribution in [-0.2, 0) is 19.6 Å². The molecule has 1 aliphatic rings. The lowest BCUT2D eigenvalue weighted by Gasteiger charge is -2.34. The van der Waals surface area contributed by atoms with E-state index >= 15 is 0 Å². The van der Waals surface area contributed by atoms with Gasteiger partial charge in [-0.15, -0.1) is 0 Å². The minimum Gasteiger partial charge on any atom is -0.481 e. The highest BCUT2D eigenvalue weighted by Gasteiger charge is 2.31. The SMILES string of the molecule is O=C(O)CCC(=O)N1CCN(S(=O)(=O)c2cccc3nsnc23)CC1. The molecule has 9 nitrogen and oxygen atoms in total. The molecule has 1 aliphatic heterocycles. The summed E-state index contributed by atoms with van der Waals surface area (Å²) in [5, 5.41) is 8.64. The zero-order valence-electron chi connectivity index (χ0n) is 13.2. The molecule has 3 rings (SSSR count). The van der Waals surface area contributed by atoms with Crippen molar-refractivity contribution in [3.63, 3.8) is 0 Å². The Morgan fingerprint density at radius 1 is 1.12 bits per heavy atom. The zero-order chi connectivity index (χ0) is 18.0. The summed E-state index contributed by atoms with van der Waals surface area (Å²) < 4.78 is 35.2. The van der Waals surface area contributed by atoms with Crippen LogP contribution in [0.5, 0.6) is 0 Å². The summed E-state index contributed by atoms with van der Waals surface area (Å²) in [6, 6.07) is 4.84. The van der Waals surface area contributed by atoms with Gasteiger partial charge in [-0.25, -0.2) is 8.42 Å².